The Balaban J connectivity index is 2.50. The molecule has 1 aromatic carbocycles. The lowest BCUT2D eigenvalue weighted by Gasteiger charge is -2.07. The highest BCUT2D eigenvalue weighted by molar-refractivity contribution is 5.73. The molecule has 0 spiro atoms. The summed E-state index contributed by atoms with van der Waals surface area (Å²) >= 11 is 0. The van der Waals surface area contributed by atoms with Gasteiger partial charge >= 0.3 is 0 Å². The molecule has 17 heavy (non-hydrogen) atoms. The average molecular weight is 232 g/mol. The zero-order valence-electron chi connectivity index (χ0n) is 10.3. The average Bonchev–Trinajstić information content (AvgIpc) is 2.69. The van der Waals surface area contributed by atoms with Crippen LogP contribution in [0.3, 0.4) is 0 Å². The fraction of sp³-hybridized carbons (Fsp3) is 0.308. The van der Waals surface area contributed by atoms with Crippen LogP contribution in [-0.4, -0.2) is 12.3 Å². The first-order chi connectivity index (χ1) is 8.17. The van der Waals surface area contributed by atoms with Crippen molar-refractivity contribution in [1.82, 2.24) is 5.16 Å². The van der Waals surface area contributed by atoms with Crippen LogP contribution in [-0.2, 0) is 6.42 Å². The lowest BCUT2D eigenvalue weighted by atomic mass is 10.0. The topological polar surface area (TPSA) is 61.3 Å². The van der Waals surface area contributed by atoms with Crippen LogP contribution >= 0.6 is 0 Å². The Kier molecular flexibility index (Phi) is 3.04. The van der Waals surface area contributed by atoms with Crippen LogP contribution in [0.25, 0.3) is 11.3 Å². The minimum Gasteiger partial charge on any atom is -0.496 e. The Bertz CT molecular complexity index is 532. The van der Waals surface area contributed by atoms with Crippen LogP contribution in [0.4, 0.5) is 5.69 Å². The van der Waals surface area contributed by atoms with E-state index in [1.54, 1.807) is 7.11 Å². The monoisotopic (exact) mass is 232 g/mol. The molecule has 0 unspecified atom stereocenters. The van der Waals surface area contributed by atoms with Crippen molar-refractivity contribution in [2.45, 2.75) is 20.3 Å². The first-order valence-corrected chi connectivity index (χ1v) is 5.56. The molecule has 4 nitrogen and oxygen atoms in total. The van der Waals surface area contributed by atoms with E-state index < -0.39 is 0 Å². The number of anilines is 1. The molecule has 1 aromatic heterocycles. The van der Waals surface area contributed by atoms with Crippen molar-refractivity contribution in [3.63, 3.8) is 0 Å². The Hall–Kier alpha value is -1.97. The van der Waals surface area contributed by atoms with E-state index in [9.17, 15) is 0 Å². The van der Waals surface area contributed by atoms with Gasteiger partial charge in [-0.25, -0.2) is 0 Å². The van der Waals surface area contributed by atoms with Crippen LogP contribution in [0, 0.1) is 6.92 Å². The van der Waals surface area contributed by atoms with Gasteiger partial charge in [0.05, 0.1) is 7.11 Å². The van der Waals surface area contributed by atoms with E-state index in [0.717, 1.165) is 23.3 Å². The number of hydrogen-bond acceptors (Lipinski definition) is 4. The predicted molar refractivity (Wildman–Crippen MR) is 67.0 cm³/mol. The number of aryl methyl sites for hydroxylation is 2. The van der Waals surface area contributed by atoms with Crippen LogP contribution in [0.1, 0.15) is 18.2 Å². The summed E-state index contributed by atoms with van der Waals surface area (Å²) in [6, 6.07) is 5.87. The maximum Gasteiger partial charge on any atom is 0.190 e. The minimum atomic E-state index is 0.595. The number of nitrogen functional groups attached to an aromatic ring is 1. The maximum atomic E-state index is 5.91. The highest BCUT2D eigenvalue weighted by Gasteiger charge is 2.13. The van der Waals surface area contributed by atoms with Gasteiger partial charge in [-0.1, -0.05) is 12.1 Å². The summed E-state index contributed by atoms with van der Waals surface area (Å²) in [6.45, 7) is 3.91. The molecule has 0 atom stereocenters. The molecule has 2 N–H and O–H groups in total. The van der Waals surface area contributed by atoms with Gasteiger partial charge in [0, 0.05) is 5.56 Å². The Morgan fingerprint density at radius 1 is 1.41 bits per heavy atom. The zero-order chi connectivity index (χ0) is 12.4. The summed E-state index contributed by atoms with van der Waals surface area (Å²) in [6.07, 6.45) is 0.893. The second-order valence-electron chi connectivity index (χ2n) is 3.89. The molecule has 0 bridgehead atoms. The summed E-state index contributed by atoms with van der Waals surface area (Å²) in [7, 11) is 1.67. The van der Waals surface area contributed by atoms with Crippen molar-refractivity contribution in [2.75, 3.05) is 12.8 Å². The zero-order valence-corrected chi connectivity index (χ0v) is 10.3. The third-order valence-electron chi connectivity index (χ3n) is 2.83. The van der Waals surface area contributed by atoms with Gasteiger partial charge in [0.1, 0.15) is 17.1 Å². The molecule has 0 aliphatic heterocycles. The number of ether oxygens (including phenoxy) is 1. The summed E-state index contributed by atoms with van der Waals surface area (Å²) < 4.78 is 10.5. The molecule has 0 aliphatic carbocycles. The highest BCUT2D eigenvalue weighted by atomic mass is 16.5. The molecule has 1 heterocycles. The van der Waals surface area contributed by atoms with Crippen molar-refractivity contribution in [2.24, 2.45) is 0 Å². The number of hydrogen-bond donors (Lipinski definition) is 1. The van der Waals surface area contributed by atoms with Crippen LogP contribution in [0.5, 0.6) is 5.75 Å². The molecule has 0 saturated carbocycles. The molecule has 4 heteroatoms. The predicted octanol–water partition coefficient (Wildman–Crippen LogP) is 2.80. The van der Waals surface area contributed by atoms with Gasteiger partial charge in [-0.05, 0) is 37.1 Å². The molecule has 2 rings (SSSR count). The number of benzene rings is 1. The largest absolute Gasteiger partial charge is 0.496 e. The number of nitrogens with zero attached hydrogens (tertiary/aromatic N) is 1. The second-order valence-corrected chi connectivity index (χ2v) is 3.89. The lowest BCUT2D eigenvalue weighted by molar-refractivity contribution is 0.409. The molecule has 0 aliphatic rings. The normalized spacial score (nSPS) is 10.5. The number of rotatable bonds is 3. The highest BCUT2D eigenvalue weighted by Crippen LogP contribution is 2.31. The van der Waals surface area contributed by atoms with Gasteiger partial charge in [-0.3, -0.25) is 0 Å². The van der Waals surface area contributed by atoms with E-state index in [1.807, 2.05) is 25.1 Å². The van der Waals surface area contributed by atoms with Gasteiger partial charge < -0.3 is 15.0 Å². The first-order valence-electron chi connectivity index (χ1n) is 5.56. The smallest absolute Gasteiger partial charge is 0.190 e. The Labute approximate surface area is 100 Å². The Morgan fingerprint density at radius 2 is 2.18 bits per heavy atom. The van der Waals surface area contributed by atoms with Gasteiger partial charge in [0.25, 0.3) is 0 Å². The first kappa shape index (κ1) is 11.5. The summed E-state index contributed by atoms with van der Waals surface area (Å²) in [5.74, 6) is 1.51. The van der Waals surface area contributed by atoms with E-state index in [-0.39, 0.29) is 0 Å². The van der Waals surface area contributed by atoms with Gasteiger partial charge in [0.2, 0.25) is 0 Å². The van der Waals surface area contributed by atoms with Crippen LogP contribution in [0.15, 0.2) is 22.7 Å². The molecular weight excluding hydrogens is 216 g/mol. The second kappa shape index (κ2) is 4.49. The quantitative estimate of drug-likeness (QED) is 0.883. The fourth-order valence-corrected chi connectivity index (χ4v) is 1.78. The molecule has 0 radical (unpaired) electrons. The summed E-state index contributed by atoms with van der Waals surface area (Å²) in [5, 5.41) is 3.86. The van der Waals surface area contributed by atoms with Crippen molar-refractivity contribution < 1.29 is 9.26 Å². The maximum absolute atomic E-state index is 5.91. The number of methoxy groups -OCH3 is 1. The van der Waals surface area contributed by atoms with Crippen LogP contribution in [0.2, 0.25) is 0 Å². The van der Waals surface area contributed by atoms with Crippen molar-refractivity contribution in [3.05, 3.63) is 29.5 Å². The van der Waals surface area contributed by atoms with Crippen molar-refractivity contribution in [1.29, 1.82) is 0 Å². The van der Waals surface area contributed by atoms with Crippen molar-refractivity contribution in [3.8, 4) is 17.1 Å². The van der Waals surface area contributed by atoms with Crippen LogP contribution < -0.4 is 10.5 Å². The van der Waals surface area contributed by atoms with E-state index >= 15 is 0 Å². The molecular formula is C13H16N2O2. The standard InChI is InChI=1S/C13H16N2O2/c1-4-9-7-10(5-6-11(9)16-3)13-12(14)8(2)15-17-13/h5-7H,4,14H2,1-3H3. The fourth-order valence-electron chi connectivity index (χ4n) is 1.78. The van der Waals surface area contributed by atoms with Crippen molar-refractivity contribution >= 4 is 5.69 Å². The molecule has 2 aromatic rings. The van der Waals surface area contributed by atoms with E-state index in [0.29, 0.717) is 17.1 Å². The SMILES string of the molecule is CCc1cc(-c2onc(C)c2N)ccc1OC. The van der Waals surface area contributed by atoms with E-state index in [2.05, 4.69) is 12.1 Å². The Morgan fingerprint density at radius 3 is 2.71 bits per heavy atom. The number of aromatic nitrogens is 1. The number of nitrogens with two attached hydrogens (primary N) is 1. The third-order valence-corrected chi connectivity index (χ3v) is 2.83. The third kappa shape index (κ3) is 1.98. The summed E-state index contributed by atoms with van der Waals surface area (Å²) in [4.78, 5) is 0. The molecule has 0 amide bonds. The lowest BCUT2D eigenvalue weighted by Crippen LogP contribution is -1.92. The molecule has 0 fully saturated rings. The van der Waals surface area contributed by atoms with Gasteiger partial charge in [0.15, 0.2) is 5.76 Å². The van der Waals surface area contributed by atoms with Gasteiger partial charge in [-0.2, -0.15) is 0 Å². The molecule has 0 saturated heterocycles. The summed E-state index contributed by atoms with van der Waals surface area (Å²) in [5.41, 5.74) is 9.28. The molecule has 90 valence electrons. The minimum absolute atomic E-state index is 0.595. The van der Waals surface area contributed by atoms with Gasteiger partial charge in [-0.15, -0.1) is 0 Å². The van der Waals surface area contributed by atoms with E-state index in [4.69, 9.17) is 15.0 Å². The van der Waals surface area contributed by atoms with E-state index in [1.165, 1.54) is 0 Å².